The summed E-state index contributed by atoms with van der Waals surface area (Å²) < 4.78 is 29.1. The van der Waals surface area contributed by atoms with E-state index in [0.717, 1.165) is 33.8 Å². The monoisotopic (exact) mass is 515 g/mol. The highest BCUT2D eigenvalue weighted by atomic mass is 35.5. The number of nitrogens with one attached hydrogen (secondary N) is 1. The van der Waals surface area contributed by atoms with Gasteiger partial charge in [-0.3, -0.25) is 9.59 Å². The average molecular weight is 516 g/mol. The van der Waals surface area contributed by atoms with Gasteiger partial charge >= 0.3 is 0 Å². The van der Waals surface area contributed by atoms with Crippen molar-refractivity contribution in [2.75, 3.05) is 19.6 Å². The molecule has 0 aliphatic carbocycles. The van der Waals surface area contributed by atoms with Gasteiger partial charge < -0.3 is 14.6 Å². The van der Waals surface area contributed by atoms with Crippen molar-refractivity contribution in [1.29, 1.82) is 0 Å². The Labute approximate surface area is 199 Å². The molecule has 0 saturated carbocycles. The number of thiophene rings is 2. The van der Waals surface area contributed by atoms with Gasteiger partial charge in [0.25, 0.3) is 10.0 Å². The lowest BCUT2D eigenvalue weighted by molar-refractivity contribution is -0.144. The van der Waals surface area contributed by atoms with E-state index in [1.807, 2.05) is 6.07 Å². The number of rotatable bonds is 7. The van der Waals surface area contributed by atoms with Crippen LogP contribution in [0.2, 0.25) is 4.34 Å². The maximum Gasteiger partial charge on any atom is 0.250 e. The molecule has 8 nitrogen and oxygen atoms in total. The number of hydrogen-bond acceptors (Lipinski definition) is 7. The zero-order valence-corrected chi connectivity index (χ0v) is 20.2. The van der Waals surface area contributed by atoms with Gasteiger partial charge in [-0.15, -0.1) is 22.7 Å². The van der Waals surface area contributed by atoms with E-state index < -0.39 is 28.0 Å². The van der Waals surface area contributed by atoms with Crippen LogP contribution in [0.15, 0.2) is 28.5 Å². The summed E-state index contributed by atoms with van der Waals surface area (Å²) in [6.45, 7) is 0.727. The zero-order chi connectivity index (χ0) is 22.9. The van der Waals surface area contributed by atoms with Crippen LogP contribution in [0, 0.1) is 0 Å². The summed E-state index contributed by atoms with van der Waals surface area (Å²) in [6, 6.07) is 5.44. The summed E-state index contributed by atoms with van der Waals surface area (Å²) in [6.07, 6.45) is 3.09. The Bertz CT molecular complexity index is 1130. The number of nitrogens with zero attached hydrogens (tertiary/aromatic N) is 2. The fourth-order valence-corrected chi connectivity index (χ4v) is 7.67. The highest BCUT2D eigenvalue weighted by Gasteiger charge is 2.36. The minimum absolute atomic E-state index is 0.115. The second kappa shape index (κ2) is 9.60. The fourth-order valence-electron chi connectivity index (χ4n) is 3.99. The van der Waals surface area contributed by atoms with Crippen molar-refractivity contribution in [1.82, 2.24) is 14.5 Å². The van der Waals surface area contributed by atoms with Gasteiger partial charge in [-0.05, 0) is 49.9 Å². The van der Waals surface area contributed by atoms with E-state index in [1.54, 1.807) is 12.1 Å². The Balaban J connectivity index is 1.42. The molecule has 0 aromatic carbocycles. The summed E-state index contributed by atoms with van der Waals surface area (Å²) in [7, 11) is -3.90. The first kappa shape index (κ1) is 23.4. The largest absolute Gasteiger partial charge is 0.332 e. The van der Waals surface area contributed by atoms with Crippen molar-refractivity contribution >= 4 is 62.4 Å². The van der Waals surface area contributed by atoms with Crippen LogP contribution in [0.3, 0.4) is 0 Å². The molecule has 2 amide bonds. The molecule has 12 heteroatoms. The molecule has 172 valence electrons. The molecule has 0 spiro atoms. The van der Waals surface area contributed by atoms with Crippen LogP contribution in [-0.2, 0) is 24.4 Å². The number of halogens is 1. The number of piperidine rings is 1. The molecule has 2 aromatic rings. The standard InChI is InChI=1S/C20H22ClN3O5S3/c21-17-7-5-15(30-17)16-6-8-19(31-16)32(28,29)22-14-4-2-9-23(20(14)27)11-18(26)24-10-1-3-13(24)12-25/h5-8,12-14,22H,1-4,9-11H2. The lowest BCUT2D eigenvalue weighted by Crippen LogP contribution is -2.54. The Morgan fingerprint density at radius 2 is 1.84 bits per heavy atom. The Hall–Kier alpha value is -1.79. The fraction of sp³-hybridized carbons (Fsp3) is 0.450. The SMILES string of the molecule is O=CC1CCCN1C(=O)CN1CCCC(NS(=O)(=O)c2ccc(-c3ccc(Cl)s3)s2)C1=O. The predicted molar refractivity (Wildman–Crippen MR) is 123 cm³/mol. The molecule has 2 aliphatic rings. The molecule has 2 aliphatic heterocycles. The predicted octanol–water partition coefficient (Wildman–Crippen LogP) is 2.59. The number of amides is 2. The van der Waals surface area contributed by atoms with Crippen molar-refractivity contribution < 1.29 is 22.8 Å². The van der Waals surface area contributed by atoms with Gasteiger partial charge in [0.15, 0.2) is 0 Å². The van der Waals surface area contributed by atoms with Crippen molar-refractivity contribution in [3.05, 3.63) is 28.6 Å². The van der Waals surface area contributed by atoms with Crippen molar-refractivity contribution in [2.45, 2.75) is 42.0 Å². The van der Waals surface area contributed by atoms with Gasteiger partial charge in [-0.1, -0.05) is 11.6 Å². The number of sulfonamides is 1. The smallest absolute Gasteiger partial charge is 0.250 e. The molecule has 2 fully saturated rings. The topological polar surface area (TPSA) is 104 Å². The van der Waals surface area contributed by atoms with Crippen molar-refractivity contribution in [3.8, 4) is 9.75 Å². The van der Waals surface area contributed by atoms with E-state index in [-0.39, 0.29) is 16.7 Å². The van der Waals surface area contributed by atoms with E-state index in [4.69, 9.17) is 11.6 Å². The first-order chi connectivity index (χ1) is 15.3. The first-order valence-electron chi connectivity index (χ1n) is 10.2. The molecule has 32 heavy (non-hydrogen) atoms. The van der Waals surface area contributed by atoms with Crippen LogP contribution in [0.4, 0.5) is 0 Å². The third kappa shape index (κ3) is 4.91. The minimum atomic E-state index is -3.90. The van der Waals surface area contributed by atoms with Crippen LogP contribution in [0.1, 0.15) is 25.7 Å². The maximum absolute atomic E-state index is 12.9. The summed E-state index contributed by atoms with van der Waals surface area (Å²) in [5, 5.41) is 0. The molecule has 2 saturated heterocycles. The van der Waals surface area contributed by atoms with Gasteiger partial charge in [0.1, 0.15) is 16.5 Å². The van der Waals surface area contributed by atoms with Crippen LogP contribution >= 0.6 is 34.3 Å². The van der Waals surface area contributed by atoms with Gasteiger partial charge in [0.05, 0.1) is 16.9 Å². The average Bonchev–Trinajstić information content (AvgIpc) is 3.50. The molecule has 0 bridgehead atoms. The highest BCUT2D eigenvalue weighted by molar-refractivity contribution is 7.91. The van der Waals surface area contributed by atoms with E-state index >= 15 is 0 Å². The lowest BCUT2D eigenvalue weighted by Gasteiger charge is -2.33. The molecule has 1 N–H and O–H groups in total. The van der Waals surface area contributed by atoms with E-state index in [9.17, 15) is 22.8 Å². The normalized spacial score (nSPS) is 21.8. The molecule has 0 radical (unpaired) electrons. The van der Waals surface area contributed by atoms with E-state index in [1.165, 1.54) is 27.2 Å². The second-order valence-electron chi connectivity index (χ2n) is 7.73. The van der Waals surface area contributed by atoms with Gasteiger partial charge in [0, 0.05) is 22.8 Å². The molecular weight excluding hydrogens is 494 g/mol. The third-order valence-corrected chi connectivity index (χ3v) is 10.1. The molecule has 2 aromatic heterocycles. The summed E-state index contributed by atoms with van der Waals surface area (Å²) in [5.74, 6) is -0.703. The van der Waals surface area contributed by atoms with Crippen LogP contribution in [-0.4, -0.2) is 68.0 Å². The molecule has 4 rings (SSSR count). The molecule has 2 atom stereocenters. The van der Waals surface area contributed by atoms with E-state index in [0.29, 0.717) is 36.7 Å². The number of likely N-dealkylation sites (tertiary alicyclic amines) is 2. The van der Waals surface area contributed by atoms with Gasteiger partial charge in [-0.25, -0.2) is 8.42 Å². The van der Waals surface area contributed by atoms with Crippen LogP contribution < -0.4 is 4.72 Å². The maximum atomic E-state index is 12.9. The summed E-state index contributed by atoms with van der Waals surface area (Å²) in [4.78, 5) is 41.2. The number of carbonyl (C=O) groups is 3. The number of hydrogen-bond donors (Lipinski definition) is 1. The lowest BCUT2D eigenvalue weighted by atomic mass is 10.1. The second-order valence-corrected chi connectivity index (χ2v) is 12.5. The van der Waals surface area contributed by atoms with Crippen LogP contribution in [0.25, 0.3) is 9.75 Å². The van der Waals surface area contributed by atoms with E-state index in [2.05, 4.69) is 4.72 Å². The molecule has 2 unspecified atom stereocenters. The minimum Gasteiger partial charge on any atom is -0.332 e. The van der Waals surface area contributed by atoms with Crippen molar-refractivity contribution in [2.24, 2.45) is 0 Å². The number of aldehydes is 1. The Morgan fingerprint density at radius 3 is 2.56 bits per heavy atom. The van der Waals surface area contributed by atoms with Gasteiger partial charge in [-0.2, -0.15) is 4.72 Å². The zero-order valence-electron chi connectivity index (χ0n) is 17.0. The quantitative estimate of drug-likeness (QED) is 0.571. The summed E-state index contributed by atoms with van der Waals surface area (Å²) in [5.41, 5.74) is 0. The highest BCUT2D eigenvalue weighted by Crippen LogP contribution is 2.36. The Kier molecular flexibility index (Phi) is 7.01. The van der Waals surface area contributed by atoms with Crippen LogP contribution in [0.5, 0.6) is 0 Å². The molecule has 4 heterocycles. The summed E-state index contributed by atoms with van der Waals surface area (Å²) >= 11 is 8.44. The third-order valence-electron chi connectivity index (χ3n) is 5.59. The first-order valence-corrected chi connectivity index (χ1v) is 13.7. The number of carbonyl (C=O) groups excluding carboxylic acids is 3. The van der Waals surface area contributed by atoms with Crippen molar-refractivity contribution in [3.63, 3.8) is 0 Å². The Morgan fingerprint density at radius 1 is 1.12 bits per heavy atom. The van der Waals surface area contributed by atoms with Gasteiger partial charge in [0.2, 0.25) is 11.8 Å². The molecular formula is C20H22ClN3O5S3.